The smallest absolute Gasteiger partial charge is 0.223 e. The van der Waals surface area contributed by atoms with Crippen LogP contribution in [0.25, 0.3) is 21.8 Å². The lowest BCUT2D eigenvalue weighted by atomic mass is 10.1. The number of carbonyl (C=O) groups is 1. The molecule has 0 spiro atoms. The molecule has 4 nitrogen and oxygen atoms in total. The molecule has 4 aromatic rings. The number of nitrogens with zero attached hydrogens (tertiary/aromatic N) is 2. The Morgan fingerprint density at radius 1 is 1.00 bits per heavy atom. The average Bonchev–Trinajstić information content (AvgIpc) is 3.50. The van der Waals surface area contributed by atoms with Crippen molar-refractivity contribution in [3.05, 3.63) is 78.1 Å². The van der Waals surface area contributed by atoms with E-state index in [4.69, 9.17) is 4.98 Å². The Labute approximate surface area is 157 Å². The minimum Gasteiger partial charge on any atom is -0.349 e. The number of hydrogen-bond acceptors (Lipinski definition) is 2. The van der Waals surface area contributed by atoms with Crippen LogP contribution >= 0.6 is 0 Å². The normalized spacial score (nSPS) is 13.9. The van der Waals surface area contributed by atoms with E-state index in [0.717, 1.165) is 36.2 Å². The Morgan fingerprint density at radius 2 is 1.78 bits per heavy atom. The van der Waals surface area contributed by atoms with Crippen LogP contribution in [0.5, 0.6) is 0 Å². The first-order valence-electron chi connectivity index (χ1n) is 9.47. The zero-order chi connectivity index (χ0) is 18.2. The van der Waals surface area contributed by atoms with Crippen molar-refractivity contribution in [2.45, 2.75) is 25.9 Å². The lowest BCUT2D eigenvalue weighted by molar-refractivity contribution is -0.122. The van der Waals surface area contributed by atoms with Gasteiger partial charge in [-0.1, -0.05) is 48.5 Å². The summed E-state index contributed by atoms with van der Waals surface area (Å²) in [6.07, 6.45) is 2.03. The zero-order valence-electron chi connectivity index (χ0n) is 15.1. The second-order valence-corrected chi connectivity index (χ2v) is 7.28. The van der Waals surface area contributed by atoms with Crippen LogP contribution in [-0.4, -0.2) is 15.5 Å². The van der Waals surface area contributed by atoms with Crippen molar-refractivity contribution >= 4 is 27.7 Å². The highest BCUT2D eigenvalue weighted by atomic mass is 16.2. The molecule has 0 atom stereocenters. The summed E-state index contributed by atoms with van der Waals surface area (Å²) >= 11 is 0. The molecule has 1 aromatic heterocycles. The van der Waals surface area contributed by atoms with Crippen molar-refractivity contribution in [1.82, 2.24) is 14.9 Å². The maximum absolute atomic E-state index is 12.1. The monoisotopic (exact) mass is 355 g/mol. The molecule has 1 N–H and O–H groups in total. The Kier molecular flexibility index (Phi) is 3.89. The zero-order valence-corrected chi connectivity index (χ0v) is 15.1. The van der Waals surface area contributed by atoms with Gasteiger partial charge in [0.2, 0.25) is 5.91 Å². The minimum absolute atomic E-state index is 0.152. The van der Waals surface area contributed by atoms with E-state index < -0.39 is 0 Å². The Hall–Kier alpha value is -3.14. The molecule has 3 aromatic carbocycles. The fourth-order valence-electron chi connectivity index (χ4n) is 3.61. The fraction of sp³-hybridized carbons (Fsp3) is 0.217. The summed E-state index contributed by atoms with van der Waals surface area (Å²) in [5, 5.41) is 5.54. The highest BCUT2D eigenvalue weighted by Crippen LogP contribution is 2.29. The first kappa shape index (κ1) is 16.1. The number of nitrogens with one attached hydrogen (secondary N) is 1. The molecular formula is C23H21N3O. The van der Waals surface area contributed by atoms with E-state index >= 15 is 0 Å². The van der Waals surface area contributed by atoms with E-state index in [1.807, 2.05) is 18.2 Å². The van der Waals surface area contributed by atoms with Crippen molar-refractivity contribution in [3.8, 4) is 0 Å². The van der Waals surface area contributed by atoms with Gasteiger partial charge in [-0.15, -0.1) is 0 Å². The van der Waals surface area contributed by atoms with Gasteiger partial charge < -0.3 is 9.88 Å². The quantitative estimate of drug-likeness (QED) is 0.581. The van der Waals surface area contributed by atoms with E-state index in [0.29, 0.717) is 6.54 Å². The fourth-order valence-corrected chi connectivity index (χ4v) is 3.61. The summed E-state index contributed by atoms with van der Waals surface area (Å²) in [4.78, 5) is 16.8. The number of hydrogen-bond donors (Lipinski definition) is 1. The molecule has 1 fully saturated rings. The van der Waals surface area contributed by atoms with Gasteiger partial charge in [0.1, 0.15) is 5.82 Å². The molecule has 1 heterocycles. The van der Waals surface area contributed by atoms with Crippen molar-refractivity contribution in [2.24, 2.45) is 5.92 Å². The molecular weight excluding hydrogens is 334 g/mol. The SMILES string of the molecule is O=C(NCc1nc2ccccc2n1Cc1ccc2ccccc2c1)C1CC1. The molecule has 0 radical (unpaired) electrons. The van der Waals surface area contributed by atoms with Gasteiger partial charge in [0.05, 0.1) is 17.6 Å². The summed E-state index contributed by atoms with van der Waals surface area (Å²) in [6.45, 7) is 1.21. The lowest BCUT2D eigenvalue weighted by Gasteiger charge is -2.11. The lowest BCUT2D eigenvalue weighted by Crippen LogP contribution is -2.26. The molecule has 0 aliphatic heterocycles. The van der Waals surface area contributed by atoms with Crippen LogP contribution in [0.2, 0.25) is 0 Å². The Balaban J connectivity index is 1.49. The third kappa shape index (κ3) is 3.19. The van der Waals surface area contributed by atoms with E-state index in [-0.39, 0.29) is 11.8 Å². The number of amides is 1. The molecule has 0 saturated heterocycles. The number of fused-ring (bicyclic) bond motifs is 2. The predicted octanol–water partition coefficient (Wildman–Crippen LogP) is 4.26. The maximum atomic E-state index is 12.1. The molecule has 0 bridgehead atoms. The number of para-hydroxylation sites is 2. The summed E-state index contributed by atoms with van der Waals surface area (Å²) in [6, 6.07) is 23.1. The second kappa shape index (κ2) is 6.54. The average molecular weight is 355 g/mol. The van der Waals surface area contributed by atoms with Gasteiger partial charge in [-0.05, 0) is 47.4 Å². The van der Waals surface area contributed by atoms with Crippen LogP contribution in [-0.2, 0) is 17.9 Å². The van der Waals surface area contributed by atoms with Crippen molar-refractivity contribution < 1.29 is 4.79 Å². The van der Waals surface area contributed by atoms with Crippen LogP contribution in [0.1, 0.15) is 24.2 Å². The minimum atomic E-state index is 0.152. The molecule has 134 valence electrons. The van der Waals surface area contributed by atoms with Gasteiger partial charge in [0, 0.05) is 12.5 Å². The highest BCUT2D eigenvalue weighted by molar-refractivity contribution is 5.83. The maximum Gasteiger partial charge on any atom is 0.223 e. The van der Waals surface area contributed by atoms with Crippen LogP contribution in [0, 0.1) is 5.92 Å². The summed E-state index contributed by atoms with van der Waals surface area (Å²) in [7, 11) is 0. The molecule has 1 aliphatic carbocycles. The van der Waals surface area contributed by atoms with Gasteiger partial charge in [-0.2, -0.15) is 0 Å². The second-order valence-electron chi connectivity index (χ2n) is 7.28. The van der Waals surface area contributed by atoms with Crippen molar-refractivity contribution in [2.75, 3.05) is 0 Å². The number of aromatic nitrogens is 2. The number of imidazole rings is 1. The number of rotatable bonds is 5. The number of benzene rings is 3. The molecule has 4 heteroatoms. The van der Waals surface area contributed by atoms with Crippen LogP contribution in [0.4, 0.5) is 0 Å². The highest BCUT2D eigenvalue weighted by Gasteiger charge is 2.29. The summed E-state index contributed by atoms with van der Waals surface area (Å²) in [5.74, 6) is 1.26. The van der Waals surface area contributed by atoms with Crippen molar-refractivity contribution in [3.63, 3.8) is 0 Å². The van der Waals surface area contributed by atoms with E-state index in [1.54, 1.807) is 0 Å². The first-order chi connectivity index (χ1) is 13.3. The summed E-state index contributed by atoms with van der Waals surface area (Å²) in [5.41, 5.74) is 3.29. The number of carbonyl (C=O) groups excluding carboxylic acids is 1. The van der Waals surface area contributed by atoms with Crippen molar-refractivity contribution in [1.29, 1.82) is 0 Å². The van der Waals surface area contributed by atoms with E-state index in [9.17, 15) is 4.79 Å². The van der Waals surface area contributed by atoms with Crippen LogP contribution in [0.15, 0.2) is 66.7 Å². The topological polar surface area (TPSA) is 46.9 Å². The molecule has 1 aliphatic rings. The predicted molar refractivity (Wildman–Crippen MR) is 107 cm³/mol. The first-order valence-corrected chi connectivity index (χ1v) is 9.47. The molecule has 1 saturated carbocycles. The molecule has 1 amide bonds. The molecule has 5 rings (SSSR count). The third-order valence-corrected chi connectivity index (χ3v) is 5.26. The van der Waals surface area contributed by atoms with Crippen LogP contribution in [0.3, 0.4) is 0 Å². The van der Waals surface area contributed by atoms with Gasteiger partial charge in [0.15, 0.2) is 0 Å². The Bertz CT molecular complexity index is 1140. The standard InChI is InChI=1S/C23H21N3O/c27-23(18-11-12-18)24-14-22-25-20-7-3-4-8-21(20)26(22)15-16-9-10-17-5-1-2-6-19(17)13-16/h1-10,13,18H,11-12,14-15H2,(H,24,27). The Morgan fingerprint density at radius 3 is 2.63 bits per heavy atom. The van der Waals surface area contributed by atoms with Gasteiger partial charge in [0.25, 0.3) is 0 Å². The largest absolute Gasteiger partial charge is 0.349 e. The van der Waals surface area contributed by atoms with Gasteiger partial charge in [-0.3, -0.25) is 4.79 Å². The van der Waals surface area contributed by atoms with Gasteiger partial charge >= 0.3 is 0 Å². The molecule has 0 unspecified atom stereocenters. The third-order valence-electron chi connectivity index (χ3n) is 5.26. The van der Waals surface area contributed by atoms with Gasteiger partial charge in [-0.25, -0.2) is 4.98 Å². The van der Waals surface area contributed by atoms with E-state index in [2.05, 4.69) is 58.4 Å². The summed E-state index contributed by atoms with van der Waals surface area (Å²) < 4.78 is 2.21. The van der Waals surface area contributed by atoms with Crippen LogP contribution < -0.4 is 5.32 Å². The molecule has 27 heavy (non-hydrogen) atoms. The van der Waals surface area contributed by atoms with E-state index in [1.165, 1.54) is 16.3 Å².